The zero-order valence-corrected chi connectivity index (χ0v) is 10.2. The van der Waals surface area contributed by atoms with E-state index in [1.54, 1.807) is 0 Å². The van der Waals surface area contributed by atoms with Gasteiger partial charge in [0.05, 0.1) is 6.10 Å². The van der Waals surface area contributed by atoms with E-state index in [9.17, 15) is 5.11 Å². The van der Waals surface area contributed by atoms with Crippen molar-refractivity contribution in [3.63, 3.8) is 0 Å². The van der Waals surface area contributed by atoms with Crippen LogP contribution in [0.25, 0.3) is 0 Å². The van der Waals surface area contributed by atoms with Gasteiger partial charge in [0.1, 0.15) is 0 Å². The second-order valence-corrected chi connectivity index (χ2v) is 5.28. The van der Waals surface area contributed by atoms with E-state index in [1.165, 1.54) is 6.42 Å². The fourth-order valence-corrected chi connectivity index (χ4v) is 2.47. The molecule has 2 heteroatoms. The molecule has 0 aromatic rings. The van der Waals surface area contributed by atoms with Crippen molar-refractivity contribution < 1.29 is 5.11 Å². The lowest BCUT2D eigenvalue weighted by Gasteiger charge is -2.40. The normalized spacial score (nSPS) is 31.7. The summed E-state index contributed by atoms with van der Waals surface area (Å²) in [5, 5.41) is 9.89. The molecule has 3 unspecified atom stereocenters. The fourth-order valence-electron chi connectivity index (χ4n) is 2.47. The zero-order valence-electron chi connectivity index (χ0n) is 10.2. The van der Waals surface area contributed by atoms with Gasteiger partial charge in [-0.25, -0.2) is 0 Å². The molecule has 1 aliphatic rings. The molecule has 0 radical (unpaired) electrons. The number of hydrogen-bond acceptors (Lipinski definition) is 2. The minimum Gasteiger partial charge on any atom is -0.391 e. The molecule has 1 saturated heterocycles. The number of likely N-dealkylation sites (tertiary alicyclic amines) is 1. The third-order valence-corrected chi connectivity index (χ3v) is 4.16. The predicted octanol–water partition coefficient (Wildman–Crippen LogP) is 2.27. The topological polar surface area (TPSA) is 23.5 Å². The van der Waals surface area contributed by atoms with E-state index in [-0.39, 0.29) is 11.6 Å². The summed E-state index contributed by atoms with van der Waals surface area (Å²) in [5.74, 6) is 0.708. The summed E-state index contributed by atoms with van der Waals surface area (Å²) in [4.78, 5) is 2.46. The zero-order chi connectivity index (χ0) is 10.9. The van der Waals surface area contributed by atoms with Crippen LogP contribution in [0.2, 0.25) is 0 Å². The molecule has 1 aliphatic heterocycles. The Labute approximate surface area is 88.3 Å². The van der Waals surface area contributed by atoms with Gasteiger partial charge in [0.2, 0.25) is 0 Å². The standard InChI is InChI=1S/C12H25NO/c1-6-9(2)10(3)13-8-7-11(14)12(13,4)5/h9-11,14H,6-8H2,1-5H3. The molecule has 0 bridgehead atoms. The van der Waals surface area contributed by atoms with Gasteiger partial charge in [0.15, 0.2) is 0 Å². The van der Waals surface area contributed by atoms with Gasteiger partial charge in [-0.2, -0.15) is 0 Å². The molecule has 2 nitrogen and oxygen atoms in total. The van der Waals surface area contributed by atoms with Crippen LogP contribution in [0.4, 0.5) is 0 Å². The molecule has 3 atom stereocenters. The molecule has 1 heterocycles. The van der Waals surface area contributed by atoms with Gasteiger partial charge in [-0.3, -0.25) is 4.90 Å². The van der Waals surface area contributed by atoms with Crippen molar-refractivity contribution in [1.29, 1.82) is 0 Å². The summed E-state index contributed by atoms with van der Waals surface area (Å²) in [6, 6.07) is 0.576. The van der Waals surface area contributed by atoms with Gasteiger partial charge < -0.3 is 5.11 Å². The van der Waals surface area contributed by atoms with Gasteiger partial charge in [-0.15, -0.1) is 0 Å². The van der Waals surface area contributed by atoms with E-state index in [4.69, 9.17) is 0 Å². The maximum atomic E-state index is 9.89. The summed E-state index contributed by atoms with van der Waals surface area (Å²) in [5.41, 5.74) is -0.0388. The maximum absolute atomic E-state index is 9.89. The Hall–Kier alpha value is -0.0800. The van der Waals surface area contributed by atoms with Crippen molar-refractivity contribution in [2.24, 2.45) is 5.92 Å². The summed E-state index contributed by atoms with van der Waals surface area (Å²) in [6.45, 7) is 12.2. The minimum absolute atomic E-state index is 0.0388. The van der Waals surface area contributed by atoms with Crippen LogP contribution in [0, 0.1) is 5.92 Å². The van der Waals surface area contributed by atoms with Crippen molar-refractivity contribution in [1.82, 2.24) is 4.90 Å². The first-order valence-electron chi connectivity index (χ1n) is 5.86. The van der Waals surface area contributed by atoms with Crippen LogP contribution < -0.4 is 0 Å². The minimum atomic E-state index is -0.158. The van der Waals surface area contributed by atoms with E-state index in [0.29, 0.717) is 12.0 Å². The molecule has 1 N–H and O–H groups in total. The van der Waals surface area contributed by atoms with Gasteiger partial charge >= 0.3 is 0 Å². The third kappa shape index (κ3) is 1.96. The van der Waals surface area contributed by atoms with Crippen molar-refractivity contribution in [2.45, 2.75) is 65.1 Å². The van der Waals surface area contributed by atoms with Crippen LogP contribution in [0.15, 0.2) is 0 Å². The summed E-state index contributed by atoms with van der Waals surface area (Å²) in [7, 11) is 0. The van der Waals surface area contributed by atoms with Crippen molar-refractivity contribution in [3.05, 3.63) is 0 Å². The monoisotopic (exact) mass is 199 g/mol. The van der Waals surface area contributed by atoms with Gasteiger partial charge in [0, 0.05) is 18.1 Å². The highest BCUT2D eigenvalue weighted by Crippen LogP contribution is 2.33. The summed E-state index contributed by atoms with van der Waals surface area (Å²) < 4.78 is 0. The smallest absolute Gasteiger partial charge is 0.0730 e. The molecule has 0 spiro atoms. The lowest BCUT2D eigenvalue weighted by Crippen LogP contribution is -2.50. The lowest BCUT2D eigenvalue weighted by atomic mass is 9.93. The molecule has 1 rings (SSSR count). The highest BCUT2D eigenvalue weighted by Gasteiger charge is 2.42. The second-order valence-electron chi connectivity index (χ2n) is 5.28. The van der Waals surface area contributed by atoms with Crippen molar-refractivity contribution >= 4 is 0 Å². The average molecular weight is 199 g/mol. The number of rotatable bonds is 3. The Bertz CT molecular complexity index is 191. The quantitative estimate of drug-likeness (QED) is 0.753. The van der Waals surface area contributed by atoms with Gasteiger partial charge in [-0.1, -0.05) is 20.3 Å². The molecule has 0 aromatic carbocycles. The molecular formula is C12H25NO. The number of aliphatic hydroxyl groups excluding tert-OH is 1. The SMILES string of the molecule is CCC(C)C(C)N1CCC(O)C1(C)C. The first kappa shape index (κ1) is 12.0. The first-order valence-corrected chi connectivity index (χ1v) is 5.86. The fraction of sp³-hybridized carbons (Fsp3) is 1.00. The molecule has 1 fully saturated rings. The molecule has 0 amide bonds. The van der Waals surface area contributed by atoms with E-state index in [2.05, 4.69) is 39.5 Å². The van der Waals surface area contributed by atoms with Gasteiger partial charge in [-0.05, 0) is 33.1 Å². The molecule has 0 aromatic heterocycles. The van der Waals surface area contributed by atoms with E-state index in [1.807, 2.05) is 0 Å². The molecule has 0 saturated carbocycles. The average Bonchev–Trinajstić information content (AvgIpc) is 2.40. The Kier molecular flexibility index (Phi) is 3.59. The molecule has 14 heavy (non-hydrogen) atoms. The van der Waals surface area contributed by atoms with E-state index >= 15 is 0 Å². The Morgan fingerprint density at radius 1 is 1.43 bits per heavy atom. The van der Waals surface area contributed by atoms with Crippen LogP contribution in [-0.2, 0) is 0 Å². The predicted molar refractivity (Wildman–Crippen MR) is 60.3 cm³/mol. The van der Waals surface area contributed by atoms with Crippen molar-refractivity contribution in [3.8, 4) is 0 Å². The van der Waals surface area contributed by atoms with Crippen LogP contribution in [-0.4, -0.2) is 34.2 Å². The van der Waals surface area contributed by atoms with E-state index in [0.717, 1.165) is 13.0 Å². The van der Waals surface area contributed by atoms with Crippen LogP contribution in [0.1, 0.15) is 47.5 Å². The molecule has 84 valence electrons. The number of nitrogens with zero attached hydrogens (tertiary/aromatic N) is 1. The number of aliphatic hydroxyl groups is 1. The summed E-state index contributed by atoms with van der Waals surface area (Å²) >= 11 is 0. The molecule has 0 aliphatic carbocycles. The van der Waals surface area contributed by atoms with Crippen LogP contribution in [0.5, 0.6) is 0 Å². The lowest BCUT2D eigenvalue weighted by molar-refractivity contribution is 0.0204. The van der Waals surface area contributed by atoms with Crippen molar-refractivity contribution in [2.75, 3.05) is 6.54 Å². The Balaban J connectivity index is 2.69. The first-order chi connectivity index (χ1) is 6.41. The second kappa shape index (κ2) is 4.19. The maximum Gasteiger partial charge on any atom is 0.0730 e. The summed E-state index contributed by atoms with van der Waals surface area (Å²) in [6.07, 6.45) is 1.98. The van der Waals surface area contributed by atoms with E-state index < -0.39 is 0 Å². The van der Waals surface area contributed by atoms with Gasteiger partial charge in [0.25, 0.3) is 0 Å². The molecular weight excluding hydrogens is 174 g/mol. The highest BCUT2D eigenvalue weighted by atomic mass is 16.3. The Morgan fingerprint density at radius 2 is 2.00 bits per heavy atom. The Morgan fingerprint density at radius 3 is 2.36 bits per heavy atom. The van der Waals surface area contributed by atoms with Crippen LogP contribution in [0.3, 0.4) is 0 Å². The third-order valence-electron chi connectivity index (χ3n) is 4.16. The largest absolute Gasteiger partial charge is 0.391 e. The highest BCUT2D eigenvalue weighted by molar-refractivity contribution is 4.98. The number of hydrogen-bond donors (Lipinski definition) is 1. The van der Waals surface area contributed by atoms with Crippen LogP contribution >= 0.6 is 0 Å².